The van der Waals surface area contributed by atoms with Crippen molar-refractivity contribution in [3.8, 4) is 0 Å². The molecule has 2 aromatic rings. The molecule has 2 aromatic carbocycles. The van der Waals surface area contributed by atoms with Gasteiger partial charge in [0.25, 0.3) is 10.0 Å². The normalized spacial score (nSPS) is 12.5. The van der Waals surface area contributed by atoms with E-state index in [0.717, 1.165) is 5.56 Å². The van der Waals surface area contributed by atoms with Crippen LogP contribution in [-0.2, 0) is 10.0 Å². The number of nitrogens with one attached hydrogen (secondary N) is 2. The molecule has 27 heavy (non-hydrogen) atoms. The van der Waals surface area contributed by atoms with Crippen molar-refractivity contribution in [3.63, 3.8) is 0 Å². The van der Waals surface area contributed by atoms with Gasteiger partial charge >= 0.3 is 0 Å². The van der Waals surface area contributed by atoms with Crippen LogP contribution in [0.15, 0.2) is 61.6 Å². The van der Waals surface area contributed by atoms with Crippen LogP contribution in [0.2, 0.25) is 5.02 Å². The Morgan fingerprint density at radius 1 is 1.26 bits per heavy atom. The first-order chi connectivity index (χ1) is 12.9. The lowest BCUT2D eigenvalue weighted by molar-refractivity contribution is 0.595. The summed E-state index contributed by atoms with van der Waals surface area (Å²) in [5.41, 5.74) is 6.79. The molecule has 144 valence electrons. The molecular formula is C18H21ClN4O2S2. The summed E-state index contributed by atoms with van der Waals surface area (Å²) < 4.78 is 29.7. The van der Waals surface area contributed by atoms with E-state index in [9.17, 15) is 8.42 Å². The molecule has 0 saturated heterocycles. The van der Waals surface area contributed by atoms with E-state index in [0.29, 0.717) is 21.2 Å². The molecule has 0 aliphatic heterocycles. The van der Waals surface area contributed by atoms with Crippen molar-refractivity contribution in [1.82, 2.24) is 10.9 Å². The van der Waals surface area contributed by atoms with Crippen molar-refractivity contribution < 1.29 is 8.42 Å². The van der Waals surface area contributed by atoms with Gasteiger partial charge < -0.3 is 0 Å². The molecule has 0 amide bonds. The third-order valence-corrected chi connectivity index (χ3v) is 6.16. The maximum absolute atomic E-state index is 12.9. The van der Waals surface area contributed by atoms with Gasteiger partial charge in [-0.15, -0.1) is 16.2 Å². The molecule has 2 N–H and O–H groups in total. The zero-order valence-electron chi connectivity index (χ0n) is 15.2. The number of rotatable bonds is 6. The number of halogens is 1. The van der Waals surface area contributed by atoms with Gasteiger partial charge in [0.1, 0.15) is 4.90 Å². The highest BCUT2D eigenvalue weighted by atomic mass is 35.5. The van der Waals surface area contributed by atoms with Gasteiger partial charge in [-0.25, -0.2) is 10.4 Å². The highest BCUT2D eigenvalue weighted by Crippen LogP contribution is 2.32. The molecule has 0 unspecified atom stereocenters. The van der Waals surface area contributed by atoms with Crippen molar-refractivity contribution in [2.24, 2.45) is 9.39 Å². The second kappa shape index (κ2) is 9.89. The standard InChI is InChI=1S/C18H21ClN4O2S2/c1-4-26-16-11-15(19)13(2)10-17(16)27(24,25)23-18(22-20-3)21-12-14-8-6-5-7-9-14/h5-12,20H,4H2,1-3H3,(H,22,23)/b21-12+. The van der Waals surface area contributed by atoms with E-state index in [2.05, 4.69) is 20.2 Å². The number of hydrogen-bond acceptors (Lipinski definition) is 4. The van der Waals surface area contributed by atoms with Crippen LogP contribution in [0.1, 0.15) is 18.1 Å². The maximum atomic E-state index is 12.9. The quantitative estimate of drug-likeness (QED) is 0.320. The molecule has 0 radical (unpaired) electrons. The Morgan fingerprint density at radius 3 is 2.59 bits per heavy atom. The second-order valence-corrected chi connectivity index (χ2v) is 8.70. The number of hydrogen-bond donors (Lipinski definition) is 2. The molecule has 6 nitrogen and oxygen atoms in total. The zero-order chi connectivity index (χ0) is 19.9. The molecule has 0 atom stereocenters. The van der Waals surface area contributed by atoms with Crippen LogP contribution in [0.5, 0.6) is 0 Å². The number of benzene rings is 2. The number of nitrogens with zero attached hydrogens (tertiary/aromatic N) is 2. The van der Waals surface area contributed by atoms with Crippen molar-refractivity contribution in [2.75, 3.05) is 12.8 Å². The molecule has 0 bridgehead atoms. The van der Waals surface area contributed by atoms with Gasteiger partial charge in [-0.1, -0.05) is 48.9 Å². The molecule has 2 rings (SSSR count). The minimum absolute atomic E-state index is 0.0681. The summed E-state index contributed by atoms with van der Waals surface area (Å²) >= 11 is 7.55. The number of hydrazine groups is 1. The molecule has 0 fully saturated rings. The lowest BCUT2D eigenvalue weighted by atomic mass is 10.2. The fourth-order valence-electron chi connectivity index (χ4n) is 2.13. The third kappa shape index (κ3) is 6.07. The average Bonchev–Trinajstić information content (AvgIpc) is 2.63. The Balaban J connectivity index is 2.46. The van der Waals surface area contributed by atoms with Crippen LogP contribution in [-0.4, -0.2) is 33.4 Å². The van der Waals surface area contributed by atoms with E-state index in [-0.39, 0.29) is 10.9 Å². The van der Waals surface area contributed by atoms with E-state index >= 15 is 0 Å². The summed E-state index contributed by atoms with van der Waals surface area (Å²) in [6.45, 7) is 3.70. The van der Waals surface area contributed by atoms with Gasteiger partial charge in [-0.05, 0) is 35.9 Å². The zero-order valence-corrected chi connectivity index (χ0v) is 17.6. The lowest BCUT2D eigenvalue weighted by Gasteiger charge is -2.10. The summed E-state index contributed by atoms with van der Waals surface area (Å²) in [5.74, 6) is 0.640. The smallest absolute Gasteiger partial charge is 0.286 e. The summed E-state index contributed by atoms with van der Waals surface area (Å²) in [5, 5.41) is 0.518. The topological polar surface area (TPSA) is 82.9 Å². The lowest BCUT2D eigenvalue weighted by Crippen LogP contribution is -2.33. The molecule has 0 spiro atoms. The third-order valence-electron chi connectivity index (χ3n) is 3.38. The Hall–Kier alpha value is -1.87. The maximum Gasteiger partial charge on any atom is 0.286 e. The van der Waals surface area contributed by atoms with E-state index in [4.69, 9.17) is 11.6 Å². The van der Waals surface area contributed by atoms with Crippen LogP contribution in [0.25, 0.3) is 0 Å². The van der Waals surface area contributed by atoms with Crippen LogP contribution in [0.3, 0.4) is 0 Å². The van der Waals surface area contributed by atoms with Gasteiger partial charge in [0, 0.05) is 23.2 Å². The molecule has 9 heteroatoms. The highest BCUT2D eigenvalue weighted by molar-refractivity contribution is 8.00. The van der Waals surface area contributed by atoms with Crippen LogP contribution >= 0.6 is 23.4 Å². The van der Waals surface area contributed by atoms with Gasteiger partial charge in [0.05, 0.1) is 0 Å². The van der Waals surface area contributed by atoms with Crippen molar-refractivity contribution >= 4 is 45.6 Å². The van der Waals surface area contributed by atoms with E-state index in [1.807, 2.05) is 37.3 Å². The van der Waals surface area contributed by atoms with Gasteiger partial charge in [-0.3, -0.25) is 5.43 Å². The number of aryl methyl sites for hydroxylation is 1. The summed E-state index contributed by atoms with van der Waals surface area (Å²) in [6.07, 6.45) is 1.54. The van der Waals surface area contributed by atoms with Crippen LogP contribution in [0.4, 0.5) is 0 Å². The van der Waals surface area contributed by atoms with Crippen LogP contribution in [0, 0.1) is 6.92 Å². The summed E-state index contributed by atoms with van der Waals surface area (Å²) in [7, 11) is -2.38. The average molecular weight is 425 g/mol. The molecule has 0 heterocycles. The van der Waals surface area contributed by atoms with E-state index in [1.165, 1.54) is 24.0 Å². The molecular weight excluding hydrogens is 404 g/mol. The highest BCUT2D eigenvalue weighted by Gasteiger charge is 2.21. The van der Waals surface area contributed by atoms with Gasteiger partial charge in [0.2, 0.25) is 5.96 Å². The van der Waals surface area contributed by atoms with E-state index < -0.39 is 10.0 Å². The number of sulfonamides is 1. The Bertz CT molecular complexity index is 945. The van der Waals surface area contributed by atoms with Crippen molar-refractivity contribution in [2.45, 2.75) is 23.6 Å². The number of aliphatic imine (C=N–C) groups is 1. The number of guanidine groups is 1. The molecule has 0 aliphatic rings. The largest absolute Gasteiger partial charge is 0.289 e. The molecule has 0 saturated carbocycles. The fraction of sp³-hybridized carbons (Fsp3) is 0.222. The second-order valence-electron chi connectivity index (χ2n) is 5.41. The number of thioether (sulfide) groups is 1. The Labute approximate surface area is 169 Å². The minimum atomic E-state index is -3.99. The summed E-state index contributed by atoms with van der Waals surface area (Å²) in [6, 6.07) is 12.5. The Kier molecular flexibility index (Phi) is 7.85. The minimum Gasteiger partial charge on any atom is -0.289 e. The van der Waals surface area contributed by atoms with Crippen LogP contribution < -0.4 is 10.9 Å². The van der Waals surface area contributed by atoms with Crippen molar-refractivity contribution in [3.05, 3.63) is 58.6 Å². The first-order valence-corrected chi connectivity index (χ1v) is 11.0. The molecule has 0 aromatic heterocycles. The first kappa shape index (κ1) is 21.4. The van der Waals surface area contributed by atoms with E-state index in [1.54, 1.807) is 20.0 Å². The van der Waals surface area contributed by atoms with Gasteiger partial charge in [-0.2, -0.15) is 8.42 Å². The van der Waals surface area contributed by atoms with Crippen molar-refractivity contribution in [1.29, 1.82) is 0 Å². The predicted molar refractivity (Wildman–Crippen MR) is 113 cm³/mol. The monoisotopic (exact) mass is 424 g/mol. The molecule has 0 aliphatic carbocycles. The predicted octanol–water partition coefficient (Wildman–Crippen LogP) is 3.65. The van der Waals surface area contributed by atoms with Gasteiger partial charge in [0.15, 0.2) is 0 Å². The first-order valence-electron chi connectivity index (χ1n) is 8.17. The SMILES string of the molecule is CCSc1cc(Cl)c(C)cc1S(=O)(=O)/N=C(/N=C/c1ccccc1)NNC. The Morgan fingerprint density at radius 2 is 1.96 bits per heavy atom. The fourth-order valence-corrected chi connectivity index (χ4v) is 4.63. The summed E-state index contributed by atoms with van der Waals surface area (Å²) in [4.78, 5) is 4.82.